The van der Waals surface area contributed by atoms with Crippen molar-refractivity contribution in [2.24, 2.45) is 11.7 Å². The van der Waals surface area contributed by atoms with Gasteiger partial charge >= 0.3 is 0 Å². The first-order valence-corrected chi connectivity index (χ1v) is 8.55. The summed E-state index contributed by atoms with van der Waals surface area (Å²) in [7, 11) is 0. The molecule has 0 saturated carbocycles. The van der Waals surface area contributed by atoms with Crippen molar-refractivity contribution >= 4 is 37.2 Å². The van der Waals surface area contributed by atoms with Crippen molar-refractivity contribution in [3.8, 4) is 0 Å². The van der Waals surface area contributed by atoms with Gasteiger partial charge in [0.2, 0.25) is 0 Å². The number of halogens is 3. The van der Waals surface area contributed by atoms with Crippen molar-refractivity contribution in [1.82, 2.24) is 9.80 Å². The van der Waals surface area contributed by atoms with E-state index in [1.807, 2.05) is 0 Å². The van der Waals surface area contributed by atoms with Crippen LogP contribution in [-0.4, -0.2) is 48.6 Å². The Morgan fingerprint density at radius 1 is 0.833 bits per heavy atom. The standard InChI is InChI=1S/C18H29N3.3ClH/c19-14-16-6-12-21(13-7-16)18-8-10-20(11-9-18)15-17-4-2-1-3-5-17;;;/h1-5,16,18H,6-15,19H2;3*1H. The highest BCUT2D eigenvalue weighted by molar-refractivity contribution is 5.86. The van der Waals surface area contributed by atoms with Crippen molar-refractivity contribution in [3.05, 3.63) is 35.9 Å². The van der Waals surface area contributed by atoms with Gasteiger partial charge in [0.15, 0.2) is 0 Å². The Balaban J connectivity index is 0.00000176. The second-order valence-corrected chi connectivity index (χ2v) is 6.71. The number of benzene rings is 1. The largest absolute Gasteiger partial charge is 0.330 e. The van der Waals surface area contributed by atoms with E-state index in [1.165, 1.54) is 57.4 Å². The van der Waals surface area contributed by atoms with Crippen LogP contribution in [0.2, 0.25) is 0 Å². The summed E-state index contributed by atoms with van der Waals surface area (Å²) in [5, 5.41) is 0. The molecule has 3 rings (SSSR count). The summed E-state index contributed by atoms with van der Waals surface area (Å²) in [5.41, 5.74) is 7.24. The molecule has 0 unspecified atom stereocenters. The average Bonchev–Trinajstić information content (AvgIpc) is 2.57. The van der Waals surface area contributed by atoms with Crippen LogP contribution in [0.15, 0.2) is 30.3 Å². The molecule has 24 heavy (non-hydrogen) atoms. The van der Waals surface area contributed by atoms with Gasteiger partial charge in [0.1, 0.15) is 0 Å². The lowest BCUT2D eigenvalue weighted by molar-refractivity contribution is 0.0765. The third-order valence-corrected chi connectivity index (χ3v) is 5.30. The summed E-state index contributed by atoms with van der Waals surface area (Å²) in [5.74, 6) is 0.777. The van der Waals surface area contributed by atoms with E-state index in [1.54, 1.807) is 0 Å². The molecule has 0 aliphatic carbocycles. The van der Waals surface area contributed by atoms with E-state index in [-0.39, 0.29) is 37.2 Å². The summed E-state index contributed by atoms with van der Waals surface area (Å²) >= 11 is 0. The Labute approximate surface area is 165 Å². The van der Waals surface area contributed by atoms with Crippen LogP contribution in [0.25, 0.3) is 0 Å². The van der Waals surface area contributed by atoms with Crippen LogP contribution >= 0.6 is 37.2 Å². The van der Waals surface area contributed by atoms with Crippen molar-refractivity contribution in [2.75, 3.05) is 32.7 Å². The molecule has 1 aromatic carbocycles. The van der Waals surface area contributed by atoms with Gasteiger partial charge in [-0.1, -0.05) is 30.3 Å². The molecule has 0 bridgehead atoms. The highest BCUT2D eigenvalue weighted by atomic mass is 35.5. The molecule has 2 saturated heterocycles. The molecule has 3 nitrogen and oxygen atoms in total. The van der Waals surface area contributed by atoms with Gasteiger partial charge in [-0.25, -0.2) is 0 Å². The van der Waals surface area contributed by atoms with Crippen LogP contribution in [0.5, 0.6) is 0 Å². The quantitative estimate of drug-likeness (QED) is 0.844. The third kappa shape index (κ3) is 6.70. The highest BCUT2D eigenvalue weighted by Crippen LogP contribution is 2.24. The first kappa shape index (κ1) is 24.0. The zero-order valence-corrected chi connectivity index (χ0v) is 16.8. The van der Waals surface area contributed by atoms with Crippen molar-refractivity contribution in [3.63, 3.8) is 0 Å². The van der Waals surface area contributed by atoms with Gasteiger partial charge in [-0.2, -0.15) is 0 Å². The second kappa shape index (κ2) is 12.3. The highest BCUT2D eigenvalue weighted by Gasteiger charge is 2.27. The Bertz CT molecular complexity index is 417. The number of likely N-dealkylation sites (tertiary alicyclic amines) is 2. The molecule has 1 aromatic rings. The minimum absolute atomic E-state index is 0. The molecule has 0 atom stereocenters. The lowest BCUT2D eigenvalue weighted by Gasteiger charge is -2.41. The fourth-order valence-electron chi connectivity index (χ4n) is 3.84. The number of nitrogens with zero attached hydrogens (tertiary/aromatic N) is 2. The first-order chi connectivity index (χ1) is 10.3. The Morgan fingerprint density at radius 3 is 1.96 bits per heavy atom. The summed E-state index contributed by atoms with van der Waals surface area (Å²) in [6.45, 7) is 7.02. The van der Waals surface area contributed by atoms with Gasteiger partial charge in [0, 0.05) is 12.6 Å². The van der Waals surface area contributed by atoms with E-state index in [4.69, 9.17) is 5.73 Å². The topological polar surface area (TPSA) is 32.5 Å². The predicted octanol–water partition coefficient (Wildman–Crippen LogP) is 3.59. The maximum atomic E-state index is 5.79. The zero-order chi connectivity index (χ0) is 14.5. The molecule has 0 radical (unpaired) electrons. The fraction of sp³-hybridized carbons (Fsp3) is 0.667. The minimum atomic E-state index is 0. The van der Waals surface area contributed by atoms with E-state index in [9.17, 15) is 0 Å². The van der Waals surface area contributed by atoms with Crippen molar-refractivity contribution in [2.45, 2.75) is 38.3 Å². The monoisotopic (exact) mass is 395 g/mol. The van der Waals surface area contributed by atoms with Crippen LogP contribution in [-0.2, 0) is 6.54 Å². The molecular formula is C18H32Cl3N3. The van der Waals surface area contributed by atoms with Crippen LogP contribution in [0.4, 0.5) is 0 Å². The van der Waals surface area contributed by atoms with Crippen molar-refractivity contribution in [1.29, 1.82) is 0 Å². The fourth-order valence-corrected chi connectivity index (χ4v) is 3.84. The molecule has 0 spiro atoms. The Hall–Kier alpha value is -0.0300. The van der Waals surface area contributed by atoms with Crippen LogP contribution in [0, 0.1) is 5.92 Å². The number of nitrogens with two attached hydrogens (primary N) is 1. The van der Waals surface area contributed by atoms with Gasteiger partial charge in [-0.3, -0.25) is 4.90 Å². The Kier molecular flexibility index (Phi) is 12.3. The molecule has 0 aromatic heterocycles. The third-order valence-electron chi connectivity index (χ3n) is 5.30. The zero-order valence-electron chi connectivity index (χ0n) is 14.3. The maximum Gasteiger partial charge on any atom is 0.0233 e. The van der Waals surface area contributed by atoms with Crippen LogP contribution in [0.1, 0.15) is 31.2 Å². The van der Waals surface area contributed by atoms with Gasteiger partial charge in [0.25, 0.3) is 0 Å². The first-order valence-electron chi connectivity index (χ1n) is 8.55. The van der Waals surface area contributed by atoms with Gasteiger partial charge in [-0.15, -0.1) is 37.2 Å². The predicted molar refractivity (Wildman–Crippen MR) is 110 cm³/mol. The second-order valence-electron chi connectivity index (χ2n) is 6.71. The number of piperidine rings is 2. The molecule has 6 heteroatoms. The maximum absolute atomic E-state index is 5.79. The molecule has 140 valence electrons. The van der Waals surface area contributed by atoms with Gasteiger partial charge in [-0.05, 0) is 69.9 Å². The Morgan fingerprint density at radius 2 is 1.42 bits per heavy atom. The molecule has 2 fully saturated rings. The van der Waals surface area contributed by atoms with E-state index < -0.39 is 0 Å². The van der Waals surface area contributed by atoms with Crippen molar-refractivity contribution < 1.29 is 0 Å². The van der Waals surface area contributed by atoms with Gasteiger partial charge in [0.05, 0.1) is 0 Å². The van der Waals surface area contributed by atoms with E-state index in [0.29, 0.717) is 0 Å². The normalized spacial score (nSPS) is 20.5. The lowest BCUT2D eigenvalue weighted by Crippen LogP contribution is -2.48. The summed E-state index contributed by atoms with van der Waals surface area (Å²) in [4.78, 5) is 5.34. The summed E-state index contributed by atoms with van der Waals surface area (Å²) in [6.07, 6.45) is 5.28. The van der Waals surface area contributed by atoms with E-state index in [0.717, 1.165) is 25.0 Å². The lowest BCUT2D eigenvalue weighted by atomic mass is 9.93. The van der Waals surface area contributed by atoms with E-state index in [2.05, 4.69) is 40.1 Å². The van der Waals surface area contributed by atoms with Gasteiger partial charge < -0.3 is 10.6 Å². The van der Waals surface area contributed by atoms with Crippen LogP contribution in [0.3, 0.4) is 0 Å². The number of hydrogen-bond acceptors (Lipinski definition) is 3. The smallest absolute Gasteiger partial charge is 0.0233 e. The molecule has 0 amide bonds. The minimum Gasteiger partial charge on any atom is -0.330 e. The number of hydrogen-bond donors (Lipinski definition) is 1. The summed E-state index contributed by atoms with van der Waals surface area (Å²) < 4.78 is 0. The number of rotatable bonds is 4. The average molecular weight is 397 g/mol. The summed E-state index contributed by atoms with van der Waals surface area (Å²) in [6, 6.07) is 11.7. The SMILES string of the molecule is Cl.Cl.Cl.NCC1CCN(C2CCN(Cc3ccccc3)CC2)CC1. The molecule has 2 aliphatic rings. The van der Waals surface area contributed by atoms with E-state index >= 15 is 0 Å². The molecular weight excluding hydrogens is 365 g/mol. The molecule has 2 N–H and O–H groups in total. The molecule has 2 aliphatic heterocycles. The molecule has 2 heterocycles. The van der Waals surface area contributed by atoms with Crippen LogP contribution < -0.4 is 5.73 Å².